The lowest BCUT2D eigenvalue weighted by atomic mass is 10.2. The second-order valence-corrected chi connectivity index (χ2v) is 6.18. The van der Waals surface area contributed by atoms with E-state index >= 15 is 0 Å². The van der Waals surface area contributed by atoms with Crippen LogP contribution in [0, 0.1) is 6.92 Å². The molecule has 0 atom stereocenters. The van der Waals surface area contributed by atoms with Crippen LogP contribution in [0.25, 0.3) is 0 Å². The lowest BCUT2D eigenvalue weighted by molar-refractivity contribution is 0.464. The highest BCUT2D eigenvalue weighted by atomic mass is 35.5. The summed E-state index contributed by atoms with van der Waals surface area (Å²) >= 11 is 6.05. The van der Waals surface area contributed by atoms with Crippen molar-refractivity contribution in [1.82, 2.24) is 9.97 Å². The van der Waals surface area contributed by atoms with Gasteiger partial charge in [0.2, 0.25) is 5.88 Å². The second kappa shape index (κ2) is 7.40. The molecule has 3 aromatic rings. The monoisotopic (exact) mass is 354 g/mol. The van der Waals surface area contributed by atoms with E-state index in [4.69, 9.17) is 22.1 Å². The lowest BCUT2D eigenvalue weighted by Gasteiger charge is -2.20. The van der Waals surface area contributed by atoms with Gasteiger partial charge >= 0.3 is 0 Å². The van der Waals surface area contributed by atoms with E-state index in [0.29, 0.717) is 34.7 Å². The Balaban J connectivity index is 1.82. The third-order valence-corrected chi connectivity index (χ3v) is 4.22. The molecule has 25 heavy (non-hydrogen) atoms. The largest absolute Gasteiger partial charge is 0.437 e. The maximum Gasteiger partial charge on any atom is 0.248 e. The van der Waals surface area contributed by atoms with Crippen LogP contribution >= 0.6 is 11.6 Å². The third-order valence-electron chi connectivity index (χ3n) is 3.79. The first-order valence-corrected chi connectivity index (χ1v) is 8.22. The molecule has 0 bridgehead atoms. The summed E-state index contributed by atoms with van der Waals surface area (Å²) in [4.78, 5) is 10.4. The zero-order chi connectivity index (χ0) is 17.8. The Hall–Kier alpha value is -2.79. The molecule has 0 aliphatic rings. The molecular formula is C19H19ClN4O. The number of nitrogen functional groups attached to an aromatic ring is 1. The van der Waals surface area contributed by atoms with E-state index in [1.54, 1.807) is 12.1 Å². The van der Waals surface area contributed by atoms with E-state index in [1.807, 2.05) is 43.1 Å². The van der Waals surface area contributed by atoms with Gasteiger partial charge in [0.15, 0.2) is 5.82 Å². The van der Waals surface area contributed by atoms with Crippen LogP contribution < -0.4 is 15.4 Å². The van der Waals surface area contributed by atoms with Crippen molar-refractivity contribution in [3.63, 3.8) is 0 Å². The van der Waals surface area contributed by atoms with Crippen molar-refractivity contribution in [3.05, 3.63) is 71.0 Å². The van der Waals surface area contributed by atoms with Gasteiger partial charge in [-0.2, -0.15) is 4.98 Å². The maximum atomic E-state index is 6.24. The van der Waals surface area contributed by atoms with Gasteiger partial charge in [-0.1, -0.05) is 41.9 Å². The molecule has 128 valence electrons. The minimum atomic E-state index is 0.326. The van der Waals surface area contributed by atoms with Crippen molar-refractivity contribution in [2.75, 3.05) is 17.7 Å². The molecule has 0 aliphatic heterocycles. The van der Waals surface area contributed by atoms with E-state index < -0.39 is 0 Å². The Morgan fingerprint density at radius 1 is 1.12 bits per heavy atom. The molecular weight excluding hydrogens is 336 g/mol. The highest BCUT2D eigenvalue weighted by Gasteiger charge is 2.14. The SMILES string of the molecule is Cc1cc(Oc2ncnc(N(C)Cc3ccccc3)c2N)ccc1Cl. The molecule has 0 radical (unpaired) electrons. The van der Waals surface area contributed by atoms with Gasteiger partial charge in [0.25, 0.3) is 0 Å². The zero-order valence-corrected chi connectivity index (χ0v) is 14.9. The molecule has 2 aromatic carbocycles. The minimum Gasteiger partial charge on any atom is -0.437 e. The quantitative estimate of drug-likeness (QED) is 0.733. The van der Waals surface area contributed by atoms with E-state index in [0.717, 1.165) is 5.56 Å². The Morgan fingerprint density at radius 3 is 2.60 bits per heavy atom. The minimum absolute atomic E-state index is 0.326. The number of hydrogen-bond donors (Lipinski definition) is 1. The van der Waals surface area contributed by atoms with Crippen LogP contribution in [0.4, 0.5) is 11.5 Å². The number of rotatable bonds is 5. The predicted molar refractivity (Wildman–Crippen MR) is 101 cm³/mol. The standard InChI is InChI=1S/C19H19ClN4O/c1-13-10-15(8-9-16(13)20)25-19-17(21)18(22-12-23-19)24(2)11-14-6-4-3-5-7-14/h3-10,12H,11,21H2,1-2H3. The fourth-order valence-electron chi connectivity index (χ4n) is 2.48. The summed E-state index contributed by atoms with van der Waals surface area (Å²) in [5.41, 5.74) is 8.72. The van der Waals surface area contributed by atoms with Gasteiger partial charge in [-0.3, -0.25) is 0 Å². The number of ether oxygens (including phenoxy) is 1. The first-order chi connectivity index (χ1) is 12.0. The zero-order valence-electron chi connectivity index (χ0n) is 14.1. The van der Waals surface area contributed by atoms with Crippen LogP contribution in [0.2, 0.25) is 5.02 Å². The van der Waals surface area contributed by atoms with Crippen LogP contribution in [0.5, 0.6) is 11.6 Å². The molecule has 0 saturated carbocycles. The number of anilines is 2. The van der Waals surface area contributed by atoms with Gasteiger partial charge in [0.1, 0.15) is 17.8 Å². The van der Waals surface area contributed by atoms with Gasteiger partial charge in [-0.15, -0.1) is 0 Å². The van der Waals surface area contributed by atoms with E-state index in [-0.39, 0.29) is 0 Å². The molecule has 0 unspecified atom stereocenters. The van der Waals surface area contributed by atoms with E-state index in [2.05, 4.69) is 22.1 Å². The number of aromatic nitrogens is 2. The van der Waals surface area contributed by atoms with Crippen molar-refractivity contribution in [1.29, 1.82) is 0 Å². The molecule has 3 rings (SSSR count). The Labute approximate surface area is 152 Å². The molecule has 5 nitrogen and oxygen atoms in total. The van der Waals surface area contributed by atoms with Gasteiger partial charge in [-0.25, -0.2) is 4.98 Å². The summed E-state index contributed by atoms with van der Waals surface area (Å²) in [7, 11) is 1.93. The highest BCUT2D eigenvalue weighted by molar-refractivity contribution is 6.31. The summed E-state index contributed by atoms with van der Waals surface area (Å²) < 4.78 is 5.82. The molecule has 2 N–H and O–H groups in total. The van der Waals surface area contributed by atoms with Gasteiger partial charge in [0.05, 0.1) is 0 Å². The van der Waals surface area contributed by atoms with Crippen molar-refractivity contribution in [3.8, 4) is 11.6 Å². The molecule has 0 fully saturated rings. The maximum absolute atomic E-state index is 6.24. The Morgan fingerprint density at radius 2 is 1.88 bits per heavy atom. The first kappa shape index (κ1) is 17.0. The molecule has 0 aliphatic carbocycles. The predicted octanol–water partition coefficient (Wildman–Crippen LogP) is 4.45. The number of benzene rings is 2. The molecule has 0 amide bonds. The number of hydrogen-bond acceptors (Lipinski definition) is 5. The number of halogens is 1. The molecule has 1 heterocycles. The highest BCUT2D eigenvalue weighted by Crippen LogP contribution is 2.32. The fraction of sp³-hybridized carbons (Fsp3) is 0.158. The number of nitrogens with two attached hydrogens (primary N) is 1. The van der Waals surface area contributed by atoms with Crippen LogP contribution in [-0.2, 0) is 6.54 Å². The molecule has 6 heteroatoms. The van der Waals surface area contributed by atoms with Crippen LogP contribution in [-0.4, -0.2) is 17.0 Å². The van der Waals surface area contributed by atoms with Crippen LogP contribution in [0.15, 0.2) is 54.9 Å². The topological polar surface area (TPSA) is 64.3 Å². The normalized spacial score (nSPS) is 10.5. The van der Waals surface area contributed by atoms with Gasteiger partial charge < -0.3 is 15.4 Å². The second-order valence-electron chi connectivity index (χ2n) is 5.77. The summed E-state index contributed by atoms with van der Waals surface area (Å²) in [5.74, 6) is 1.58. The summed E-state index contributed by atoms with van der Waals surface area (Å²) in [6.45, 7) is 2.60. The number of nitrogens with zero attached hydrogens (tertiary/aromatic N) is 3. The molecule has 0 spiro atoms. The summed E-state index contributed by atoms with van der Waals surface area (Å²) in [6.07, 6.45) is 1.45. The van der Waals surface area contributed by atoms with Crippen molar-refractivity contribution in [2.45, 2.75) is 13.5 Å². The Kier molecular flexibility index (Phi) is 5.05. The number of aryl methyl sites for hydroxylation is 1. The lowest BCUT2D eigenvalue weighted by Crippen LogP contribution is -2.19. The third kappa shape index (κ3) is 4.00. The first-order valence-electron chi connectivity index (χ1n) is 7.84. The average molecular weight is 355 g/mol. The van der Waals surface area contributed by atoms with E-state index in [9.17, 15) is 0 Å². The summed E-state index contributed by atoms with van der Waals surface area (Å²) in [6, 6.07) is 15.5. The van der Waals surface area contributed by atoms with E-state index in [1.165, 1.54) is 11.9 Å². The van der Waals surface area contributed by atoms with Gasteiger partial charge in [-0.05, 0) is 36.2 Å². The van der Waals surface area contributed by atoms with Crippen molar-refractivity contribution >= 4 is 23.1 Å². The average Bonchev–Trinajstić information content (AvgIpc) is 2.61. The van der Waals surface area contributed by atoms with Crippen molar-refractivity contribution in [2.24, 2.45) is 0 Å². The van der Waals surface area contributed by atoms with Crippen LogP contribution in [0.3, 0.4) is 0 Å². The summed E-state index contributed by atoms with van der Waals surface area (Å²) in [5, 5.41) is 0.686. The van der Waals surface area contributed by atoms with Gasteiger partial charge in [0, 0.05) is 18.6 Å². The Bertz CT molecular complexity index is 871. The molecule has 1 aromatic heterocycles. The van der Waals surface area contributed by atoms with Crippen molar-refractivity contribution < 1.29 is 4.74 Å². The smallest absolute Gasteiger partial charge is 0.248 e. The fourth-order valence-corrected chi connectivity index (χ4v) is 2.60. The van der Waals surface area contributed by atoms with Crippen LogP contribution in [0.1, 0.15) is 11.1 Å². The molecule has 0 saturated heterocycles.